The molecule has 204 valence electrons. The van der Waals surface area contributed by atoms with E-state index in [-0.39, 0.29) is 5.91 Å². The molecule has 2 aromatic carbocycles. The maximum Gasteiger partial charge on any atom is 0.490 e. The van der Waals surface area contributed by atoms with Gasteiger partial charge in [-0.2, -0.15) is 18.3 Å². The third-order valence-corrected chi connectivity index (χ3v) is 6.33. The van der Waals surface area contributed by atoms with Gasteiger partial charge < -0.3 is 20.5 Å². The van der Waals surface area contributed by atoms with Gasteiger partial charge in [-0.15, -0.1) is 0 Å². The molecule has 1 aliphatic rings. The predicted molar refractivity (Wildman–Crippen MR) is 136 cm³/mol. The van der Waals surface area contributed by atoms with E-state index in [1.807, 2.05) is 76.6 Å². The molecule has 12 heteroatoms. The van der Waals surface area contributed by atoms with Crippen molar-refractivity contribution >= 4 is 22.9 Å². The number of carbonyl (C=O) groups is 2. The number of methoxy groups -OCH3 is 1. The summed E-state index contributed by atoms with van der Waals surface area (Å²) in [7, 11) is 1.66. The molecule has 5 rings (SSSR count). The number of amides is 1. The lowest BCUT2D eigenvalue weighted by Gasteiger charge is -2.31. The zero-order valence-corrected chi connectivity index (χ0v) is 20.9. The monoisotopic (exact) mass is 541 g/mol. The SMILES string of the molecule is COc1ccc(Cn2ncc3c4c(cnc32)CN(C(=O)[C@@H](N)c2ccccc2)CC4)cc1.O=C(O)C(F)(F)F. The lowest BCUT2D eigenvalue weighted by molar-refractivity contribution is -0.192. The van der Waals surface area contributed by atoms with Gasteiger partial charge >= 0.3 is 12.1 Å². The number of aromatic nitrogens is 3. The van der Waals surface area contributed by atoms with E-state index in [4.69, 9.17) is 20.4 Å². The Bertz CT molecular complexity index is 1460. The second kappa shape index (κ2) is 11.5. The van der Waals surface area contributed by atoms with Crippen LogP contribution in [0.15, 0.2) is 67.0 Å². The summed E-state index contributed by atoms with van der Waals surface area (Å²) in [6.45, 7) is 1.78. The minimum absolute atomic E-state index is 0.0582. The minimum Gasteiger partial charge on any atom is -0.497 e. The number of hydrogen-bond acceptors (Lipinski definition) is 6. The predicted octanol–water partition coefficient (Wildman–Crippen LogP) is 3.71. The fourth-order valence-electron chi connectivity index (χ4n) is 4.29. The number of hydrogen-bond donors (Lipinski definition) is 2. The van der Waals surface area contributed by atoms with Crippen LogP contribution < -0.4 is 10.5 Å². The van der Waals surface area contributed by atoms with Gasteiger partial charge in [0, 0.05) is 24.7 Å². The van der Waals surface area contributed by atoms with E-state index in [1.165, 1.54) is 5.56 Å². The standard InChI is InChI=1S/C25H25N5O2.C2HF3O2/c1-32-20-9-7-17(8-10-20)15-30-24-22(14-28-30)21-11-12-29(16-19(21)13-27-24)25(31)23(26)18-5-3-2-4-6-18;3-2(4,5)1(6)7/h2-10,13-14,23H,11-12,15-16,26H2,1H3;(H,6,7)/t23-;/m0./s1. The van der Waals surface area contributed by atoms with Crippen LogP contribution in [0.2, 0.25) is 0 Å². The number of carboxylic acids is 1. The van der Waals surface area contributed by atoms with Crippen molar-refractivity contribution in [1.82, 2.24) is 19.7 Å². The highest BCUT2D eigenvalue weighted by atomic mass is 19.4. The van der Waals surface area contributed by atoms with E-state index in [0.29, 0.717) is 19.6 Å². The van der Waals surface area contributed by atoms with Crippen molar-refractivity contribution in [3.63, 3.8) is 0 Å². The van der Waals surface area contributed by atoms with Crippen molar-refractivity contribution in [2.45, 2.75) is 31.7 Å². The number of pyridine rings is 1. The number of benzene rings is 2. The van der Waals surface area contributed by atoms with Crippen LogP contribution in [0.25, 0.3) is 11.0 Å². The van der Waals surface area contributed by atoms with Crippen molar-refractivity contribution in [1.29, 1.82) is 0 Å². The second-order valence-electron chi connectivity index (χ2n) is 8.85. The van der Waals surface area contributed by atoms with Crippen LogP contribution in [0.1, 0.15) is 28.3 Å². The summed E-state index contributed by atoms with van der Waals surface area (Å²) in [6.07, 6.45) is -0.564. The van der Waals surface area contributed by atoms with Crippen LogP contribution in [-0.4, -0.2) is 56.5 Å². The molecule has 0 saturated carbocycles. The molecular formula is C27H26F3N5O4. The molecule has 1 amide bonds. The number of alkyl halides is 3. The molecule has 39 heavy (non-hydrogen) atoms. The van der Waals surface area contributed by atoms with Crippen LogP contribution in [0.3, 0.4) is 0 Å². The van der Waals surface area contributed by atoms with Gasteiger partial charge in [0.1, 0.15) is 11.8 Å². The number of carboxylic acid groups (broad SMARTS) is 1. The van der Waals surface area contributed by atoms with Crippen LogP contribution in [0.5, 0.6) is 5.75 Å². The van der Waals surface area contributed by atoms with Crippen molar-refractivity contribution < 1.29 is 32.6 Å². The molecule has 0 radical (unpaired) electrons. The third-order valence-electron chi connectivity index (χ3n) is 6.33. The first-order valence-electron chi connectivity index (χ1n) is 11.9. The van der Waals surface area contributed by atoms with E-state index in [0.717, 1.165) is 39.9 Å². The number of ether oxygens (including phenoxy) is 1. The molecule has 2 aromatic heterocycles. The number of aliphatic carboxylic acids is 1. The molecule has 9 nitrogen and oxygen atoms in total. The van der Waals surface area contributed by atoms with Crippen LogP contribution in [-0.2, 0) is 29.1 Å². The average Bonchev–Trinajstić information content (AvgIpc) is 3.35. The zero-order valence-electron chi connectivity index (χ0n) is 20.9. The zero-order chi connectivity index (χ0) is 28.2. The van der Waals surface area contributed by atoms with Gasteiger partial charge in [-0.05, 0) is 40.8 Å². The van der Waals surface area contributed by atoms with Crippen LogP contribution in [0, 0.1) is 0 Å². The normalized spacial score (nSPS) is 13.7. The quantitative estimate of drug-likeness (QED) is 0.395. The lowest BCUT2D eigenvalue weighted by atomic mass is 9.98. The first-order chi connectivity index (χ1) is 18.6. The fraction of sp³-hybridized carbons (Fsp3) is 0.259. The van der Waals surface area contributed by atoms with E-state index in [9.17, 15) is 18.0 Å². The van der Waals surface area contributed by atoms with Gasteiger partial charge in [0.2, 0.25) is 5.91 Å². The molecular weight excluding hydrogens is 515 g/mol. The van der Waals surface area contributed by atoms with E-state index in [2.05, 4.69) is 10.1 Å². The summed E-state index contributed by atoms with van der Waals surface area (Å²) in [5.74, 6) is -1.98. The van der Waals surface area contributed by atoms with Crippen molar-refractivity contribution in [3.8, 4) is 5.75 Å². The van der Waals surface area contributed by atoms with Crippen LogP contribution >= 0.6 is 0 Å². The number of halogens is 3. The van der Waals surface area contributed by atoms with E-state index >= 15 is 0 Å². The van der Waals surface area contributed by atoms with Crippen LogP contribution in [0.4, 0.5) is 13.2 Å². The van der Waals surface area contributed by atoms with E-state index in [1.54, 1.807) is 7.11 Å². The molecule has 0 aliphatic carbocycles. The van der Waals surface area contributed by atoms with Gasteiger partial charge in [-0.1, -0.05) is 42.5 Å². The summed E-state index contributed by atoms with van der Waals surface area (Å²) < 4.78 is 38.9. The Kier molecular flexibility index (Phi) is 8.15. The molecule has 0 saturated heterocycles. The first-order valence-corrected chi connectivity index (χ1v) is 11.9. The number of carbonyl (C=O) groups excluding carboxylic acids is 1. The lowest BCUT2D eigenvalue weighted by Crippen LogP contribution is -2.41. The summed E-state index contributed by atoms with van der Waals surface area (Å²) >= 11 is 0. The van der Waals surface area contributed by atoms with Gasteiger partial charge in [0.05, 0.1) is 19.9 Å². The Hall–Kier alpha value is -4.45. The highest BCUT2D eigenvalue weighted by molar-refractivity contribution is 5.85. The highest BCUT2D eigenvalue weighted by Crippen LogP contribution is 2.28. The smallest absolute Gasteiger partial charge is 0.490 e. The summed E-state index contributed by atoms with van der Waals surface area (Å²) in [5.41, 5.74) is 11.3. The average molecular weight is 542 g/mol. The summed E-state index contributed by atoms with van der Waals surface area (Å²) in [4.78, 5) is 28.4. The summed E-state index contributed by atoms with van der Waals surface area (Å²) in [6, 6.07) is 16.8. The number of fused-ring (bicyclic) bond motifs is 3. The Balaban J connectivity index is 0.000000448. The molecule has 0 fully saturated rings. The van der Waals surface area contributed by atoms with Gasteiger partial charge in [-0.3, -0.25) is 4.79 Å². The molecule has 3 heterocycles. The maximum absolute atomic E-state index is 13.0. The molecule has 1 atom stereocenters. The van der Waals surface area contributed by atoms with Crippen molar-refractivity contribution in [3.05, 3.63) is 89.2 Å². The summed E-state index contributed by atoms with van der Waals surface area (Å²) in [5, 5.41) is 12.8. The van der Waals surface area contributed by atoms with Crippen molar-refractivity contribution in [2.24, 2.45) is 5.73 Å². The van der Waals surface area contributed by atoms with E-state index < -0.39 is 18.2 Å². The van der Waals surface area contributed by atoms with Gasteiger partial charge in [-0.25, -0.2) is 14.5 Å². The van der Waals surface area contributed by atoms with Crippen molar-refractivity contribution in [2.75, 3.05) is 13.7 Å². The molecule has 0 spiro atoms. The van der Waals surface area contributed by atoms with Gasteiger partial charge in [0.15, 0.2) is 5.65 Å². The second-order valence-corrected chi connectivity index (χ2v) is 8.85. The molecule has 4 aromatic rings. The molecule has 0 bridgehead atoms. The largest absolute Gasteiger partial charge is 0.497 e. The Morgan fingerprint density at radius 1 is 1.10 bits per heavy atom. The Morgan fingerprint density at radius 3 is 2.38 bits per heavy atom. The number of nitrogens with zero attached hydrogens (tertiary/aromatic N) is 4. The topological polar surface area (TPSA) is 124 Å². The first kappa shape index (κ1) is 27.6. The molecule has 3 N–H and O–H groups in total. The fourth-order valence-corrected chi connectivity index (χ4v) is 4.29. The molecule has 1 aliphatic heterocycles. The minimum atomic E-state index is -5.08. The Labute approximate surface area is 221 Å². The molecule has 0 unspecified atom stereocenters. The highest BCUT2D eigenvalue weighted by Gasteiger charge is 2.38. The third kappa shape index (κ3) is 6.34. The Morgan fingerprint density at radius 2 is 1.77 bits per heavy atom. The van der Waals surface area contributed by atoms with Gasteiger partial charge in [0.25, 0.3) is 0 Å². The number of rotatable bonds is 5. The maximum atomic E-state index is 13.0. The number of nitrogens with two attached hydrogens (primary N) is 1.